The van der Waals surface area contributed by atoms with E-state index in [2.05, 4.69) is 15.4 Å². The van der Waals surface area contributed by atoms with Gasteiger partial charge in [0.2, 0.25) is 27.7 Å². The zero-order valence-electron chi connectivity index (χ0n) is 29.6. The van der Waals surface area contributed by atoms with E-state index in [9.17, 15) is 32.0 Å². The van der Waals surface area contributed by atoms with Gasteiger partial charge in [-0.05, 0) is 62.1 Å². The molecule has 288 valence electrons. The van der Waals surface area contributed by atoms with Gasteiger partial charge in [-0.1, -0.05) is 43.2 Å². The summed E-state index contributed by atoms with van der Waals surface area (Å²) < 4.78 is 52.2. The first-order chi connectivity index (χ1) is 26.1. The lowest BCUT2D eigenvalue weighted by Gasteiger charge is -2.29. The summed E-state index contributed by atoms with van der Waals surface area (Å²) in [7, 11) is -3.91. The van der Waals surface area contributed by atoms with Gasteiger partial charge in [-0.2, -0.15) is 0 Å². The normalized spacial score (nSPS) is 26.7. The van der Waals surface area contributed by atoms with Crippen LogP contribution in [0.1, 0.15) is 64.2 Å². The van der Waals surface area contributed by atoms with Gasteiger partial charge in [0.25, 0.3) is 5.91 Å². The van der Waals surface area contributed by atoms with Crippen LogP contribution in [0.3, 0.4) is 0 Å². The van der Waals surface area contributed by atoms with Crippen LogP contribution in [0.5, 0.6) is 5.88 Å². The van der Waals surface area contributed by atoms with E-state index >= 15 is 0 Å². The van der Waals surface area contributed by atoms with Crippen LogP contribution in [-0.4, -0.2) is 95.9 Å². The van der Waals surface area contributed by atoms with Crippen molar-refractivity contribution >= 4 is 56.2 Å². The van der Waals surface area contributed by atoms with Crippen LogP contribution in [0, 0.1) is 5.92 Å². The zero-order chi connectivity index (χ0) is 37.9. The molecule has 0 spiro atoms. The second kappa shape index (κ2) is 16.0. The average molecular weight is 783 g/mol. The fourth-order valence-electron chi connectivity index (χ4n) is 7.05. The Hall–Kier alpha value is -4.64. The minimum Gasteiger partial charge on any atom is -0.471 e. The standard InChI is InChI=1S/C37H43FN6O8S2/c38-17-9-18-51-36(48)41-28-13-5-3-1-2-4-10-23-21-37(23,35(47)43-54(49,50)25-15-16-25)42-32(45)29-20-24(22-44(29)34(28)46)52-33-31(30-14-8-19-53-30)39-26-11-6-7-12-27(26)40-33/h4,6-8,10-12,14,19,23-25,28-29H,1-3,5,9,13,15-18,20-22H2,(H,41,48)(H,42,45)(H,43,47)/b10-4+/t23?,24-,28-,29+,37-/m1/s1. The largest absolute Gasteiger partial charge is 0.471 e. The molecule has 17 heteroatoms. The van der Waals surface area contributed by atoms with E-state index in [-0.39, 0.29) is 44.7 Å². The molecule has 1 unspecified atom stereocenters. The lowest BCUT2D eigenvalue weighted by atomic mass is 10.1. The van der Waals surface area contributed by atoms with E-state index in [0.717, 1.165) is 17.7 Å². The highest BCUT2D eigenvalue weighted by molar-refractivity contribution is 7.91. The summed E-state index contributed by atoms with van der Waals surface area (Å²) in [4.78, 5) is 67.0. The Morgan fingerprint density at radius 3 is 2.59 bits per heavy atom. The number of alkyl halides is 1. The van der Waals surface area contributed by atoms with Gasteiger partial charge in [-0.3, -0.25) is 23.5 Å². The highest BCUT2D eigenvalue weighted by atomic mass is 32.2. The van der Waals surface area contributed by atoms with Crippen LogP contribution in [-0.2, 0) is 29.1 Å². The minimum absolute atomic E-state index is 0.00219. The predicted molar refractivity (Wildman–Crippen MR) is 198 cm³/mol. The third-order valence-electron chi connectivity index (χ3n) is 10.2. The molecule has 0 radical (unpaired) electrons. The number of thiophene rings is 1. The van der Waals surface area contributed by atoms with Crippen LogP contribution in [0.25, 0.3) is 21.6 Å². The number of ether oxygens (including phenoxy) is 2. The molecule has 3 N–H and O–H groups in total. The number of benzene rings is 1. The van der Waals surface area contributed by atoms with E-state index in [1.165, 1.54) is 16.2 Å². The van der Waals surface area contributed by atoms with Crippen molar-refractivity contribution < 1.29 is 41.5 Å². The van der Waals surface area contributed by atoms with Gasteiger partial charge in [0.15, 0.2) is 0 Å². The smallest absolute Gasteiger partial charge is 0.407 e. The first kappa shape index (κ1) is 37.7. The van der Waals surface area contributed by atoms with E-state index in [1.54, 1.807) is 6.07 Å². The van der Waals surface area contributed by atoms with Crippen molar-refractivity contribution in [2.45, 2.75) is 93.2 Å². The Kier molecular flexibility index (Phi) is 11.2. The maximum Gasteiger partial charge on any atom is 0.407 e. The molecule has 3 fully saturated rings. The monoisotopic (exact) mass is 782 g/mol. The molecule has 2 saturated carbocycles. The van der Waals surface area contributed by atoms with Crippen LogP contribution >= 0.6 is 11.3 Å². The number of fused-ring (bicyclic) bond motifs is 3. The molecule has 54 heavy (non-hydrogen) atoms. The van der Waals surface area contributed by atoms with Crippen LogP contribution in [0.15, 0.2) is 53.9 Å². The second-order valence-electron chi connectivity index (χ2n) is 14.2. The Bertz CT molecular complexity index is 2030. The van der Waals surface area contributed by atoms with Crippen molar-refractivity contribution in [2.24, 2.45) is 5.92 Å². The Balaban J connectivity index is 1.20. The van der Waals surface area contributed by atoms with Gasteiger partial charge >= 0.3 is 6.09 Å². The number of para-hydroxylation sites is 2. The molecule has 3 aromatic rings. The van der Waals surface area contributed by atoms with E-state index in [4.69, 9.17) is 19.4 Å². The minimum atomic E-state index is -3.91. The van der Waals surface area contributed by atoms with Crippen LogP contribution in [0.4, 0.5) is 9.18 Å². The highest BCUT2D eigenvalue weighted by Gasteiger charge is 2.62. The van der Waals surface area contributed by atoms with Crippen molar-refractivity contribution in [3.05, 3.63) is 53.9 Å². The van der Waals surface area contributed by atoms with Gasteiger partial charge in [-0.15, -0.1) is 11.3 Å². The Morgan fingerprint density at radius 1 is 1.06 bits per heavy atom. The number of amides is 4. The summed E-state index contributed by atoms with van der Waals surface area (Å²) in [5.41, 5.74) is 0.221. The third-order valence-corrected chi connectivity index (χ3v) is 12.9. The number of aromatic nitrogens is 2. The quantitative estimate of drug-likeness (QED) is 0.199. The van der Waals surface area contributed by atoms with Gasteiger partial charge < -0.3 is 25.0 Å². The molecule has 1 aromatic carbocycles. The Labute approximate surface area is 316 Å². The summed E-state index contributed by atoms with van der Waals surface area (Å²) >= 11 is 1.46. The molecular weight excluding hydrogens is 740 g/mol. The van der Waals surface area contributed by atoms with Gasteiger partial charge in [0, 0.05) is 18.8 Å². The molecule has 4 amide bonds. The Morgan fingerprint density at radius 2 is 1.85 bits per heavy atom. The number of carbonyl (C=O) groups is 4. The average Bonchev–Trinajstić information content (AvgIpc) is 4.02. The van der Waals surface area contributed by atoms with Gasteiger partial charge in [0.1, 0.15) is 29.4 Å². The molecule has 1 saturated heterocycles. The van der Waals surface area contributed by atoms with Crippen molar-refractivity contribution in [1.29, 1.82) is 0 Å². The summed E-state index contributed by atoms with van der Waals surface area (Å²) in [6, 6.07) is 8.88. The number of halogens is 1. The number of sulfonamides is 1. The molecule has 4 heterocycles. The van der Waals surface area contributed by atoms with Crippen LogP contribution < -0.4 is 20.1 Å². The maximum absolute atomic E-state index is 14.4. The summed E-state index contributed by atoms with van der Waals surface area (Å²) in [6.45, 7) is -0.900. The number of nitrogens with one attached hydrogen (secondary N) is 3. The lowest BCUT2D eigenvalue weighted by Crippen LogP contribution is -2.58. The number of rotatable bonds is 10. The molecule has 2 aromatic heterocycles. The fraction of sp³-hybridized carbons (Fsp3) is 0.514. The van der Waals surface area contributed by atoms with E-state index < -0.39 is 75.4 Å². The number of carbonyl (C=O) groups excluding carboxylic acids is 4. The number of hydrogen-bond acceptors (Lipinski definition) is 11. The van der Waals surface area contributed by atoms with E-state index in [0.29, 0.717) is 42.4 Å². The van der Waals surface area contributed by atoms with Gasteiger partial charge in [-0.25, -0.2) is 23.2 Å². The number of nitrogens with zero attached hydrogens (tertiary/aromatic N) is 3. The molecule has 2 aliphatic carbocycles. The fourth-order valence-corrected chi connectivity index (χ4v) is 9.12. The first-order valence-electron chi connectivity index (χ1n) is 18.4. The number of alkyl carbamates (subject to hydrolysis) is 1. The first-order valence-corrected chi connectivity index (χ1v) is 20.8. The third kappa shape index (κ3) is 8.36. The van der Waals surface area contributed by atoms with Crippen molar-refractivity contribution in [3.8, 4) is 16.5 Å². The molecule has 5 atom stereocenters. The molecule has 2 aliphatic heterocycles. The highest BCUT2D eigenvalue weighted by Crippen LogP contribution is 2.46. The van der Waals surface area contributed by atoms with Gasteiger partial charge in [0.05, 0.1) is 41.0 Å². The summed E-state index contributed by atoms with van der Waals surface area (Å²) in [6.07, 6.45) is 6.22. The predicted octanol–water partition coefficient (Wildman–Crippen LogP) is 4.16. The van der Waals surface area contributed by atoms with E-state index in [1.807, 2.05) is 47.9 Å². The second-order valence-corrected chi connectivity index (χ2v) is 17.1. The number of hydrogen-bond donors (Lipinski definition) is 3. The molecular formula is C37H43FN6O8S2. The summed E-state index contributed by atoms with van der Waals surface area (Å²) in [5.74, 6) is -2.26. The summed E-state index contributed by atoms with van der Waals surface area (Å²) in [5, 5.41) is 6.75. The van der Waals surface area contributed by atoms with Crippen molar-refractivity contribution in [3.63, 3.8) is 0 Å². The lowest BCUT2D eigenvalue weighted by molar-refractivity contribution is -0.141. The molecule has 0 bridgehead atoms. The molecule has 14 nitrogen and oxygen atoms in total. The number of allylic oxidation sites excluding steroid dienone is 1. The zero-order valence-corrected chi connectivity index (χ0v) is 31.2. The maximum atomic E-state index is 14.4. The molecule has 4 aliphatic rings. The van der Waals surface area contributed by atoms with Crippen molar-refractivity contribution in [2.75, 3.05) is 19.8 Å². The SMILES string of the molecule is O=C(N[C@@H]1CCCCC/C=C/C2C[C@@]2(C(=O)NS(=O)(=O)C2CC2)NC(=O)[C@@H]2C[C@@H](Oc3nc4ccccc4nc3-c3cccs3)CN2C1=O)OCCCF. The molecule has 7 rings (SSSR count). The van der Waals surface area contributed by atoms with Crippen LogP contribution in [0.2, 0.25) is 0 Å². The van der Waals surface area contributed by atoms with Crippen molar-refractivity contribution in [1.82, 2.24) is 30.2 Å². The topological polar surface area (TPSA) is 186 Å².